The van der Waals surface area contributed by atoms with Gasteiger partial charge in [-0.05, 0) is 78.9 Å². The monoisotopic (exact) mass is 518 g/mol. The number of ether oxygens (including phenoxy) is 1. The molecule has 0 atom stereocenters. The number of amides is 1. The topological polar surface area (TPSA) is 118 Å². The summed E-state index contributed by atoms with van der Waals surface area (Å²) in [5.74, 6) is -0.314. The second kappa shape index (κ2) is 11.2. The number of methoxy groups -OCH3 is 1. The van der Waals surface area contributed by atoms with Gasteiger partial charge in [0.1, 0.15) is 5.69 Å². The van der Waals surface area contributed by atoms with Crippen LogP contribution in [0, 0.1) is 0 Å². The number of carbonyl (C=O) groups excluding carboxylic acids is 1. The quantitative estimate of drug-likeness (QED) is 0.335. The number of thiophene rings is 1. The van der Waals surface area contributed by atoms with Gasteiger partial charge in [0.25, 0.3) is 5.91 Å². The van der Waals surface area contributed by atoms with E-state index in [0.29, 0.717) is 31.6 Å². The molecule has 3 aromatic rings. The van der Waals surface area contributed by atoms with Crippen molar-refractivity contribution in [1.29, 1.82) is 0 Å². The van der Waals surface area contributed by atoms with Gasteiger partial charge in [-0.3, -0.25) is 4.79 Å². The van der Waals surface area contributed by atoms with Gasteiger partial charge in [-0.1, -0.05) is 6.07 Å². The Morgan fingerprint density at radius 1 is 1.29 bits per heavy atom. The maximum absolute atomic E-state index is 12.3. The number of sulfonamides is 1. The van der Waals surface area contributed by atoms with E-state index in [1.807, 2.05) is 6.07 Å². The summed E-state index contributed by atoms with van der Waals surface area (Å²) in [6.07, 6.45) is 2.30. The van der Waals surface area contributed by atoms with Gasteiger partial charge in [-0.2, -0.15) is 0 Å². The van der Waals surface area contributed by atoms with Gasteiger partial charge in [0, 0.05) is 49.1 Å². The summed E-state index contributed by atoms with van der Waals surface area (Å²) < 4.78 is 31.2. The molecule has 1 aliphatic rings. The maximum atomic E-state index is 12.3. The molecule has 1 aliphatic heterocycles. The van der Waals surface area contributed by atoms with Crippen molar-refractivity contribution >= 4 is 38.2 Å². The Kier molecular flexibility index (Phi) is 8.28. The van der Waals surface area contributed by atoms with Gasteiger partial charge in [-0.25, -0.2) is 12.7 Å². The van der Waals surface area contributed by atoms with Crippen LogP contribution < -0.4 is 11.1 Å². The fourth-order valence-electron chi connectivity index (χ4n) is 4.78. The lowest BCUT2D eigenvalue weighted by atomic mass is 9.87. The van der Waals surface area contributed by atoms with Crippen molar-refractivity contribution in [3.05, 3.63) is 46.5 Å². The highest BCUT2D eigenvalue weighted by Crippen LogP contribution is 2.39. The number of fused-ring (bicyclic) bond motifs is 1. The largest absolute Gasteiger partial charge is 0.385 e. The third-order valence-electron chi connectivity index (χ3n) is 6.67. The number of nitrogens with two attached hydrogens (primary N) is 1. The Morgan fingerprint density at radius 3 is 2.74 bits per heavy atom. The van der Waals surface area contributed by atoms with E-state index in [1.165, 1.54) is 5.56 Å². The predicted molar refractivity (Wildman–Crippen MR) is 141 cm³/mol. The number of hydrogen-bond donors (Lipinski definition) is 3. The van der Waals surface area contributed by atoms with Crippen molar-refractivity contribution in [2.75, 3.05) is 39.1 Å². The van der Waals surface area contributed by atoms with Crippen molar-refractivity contribution in [1.82, 2.24) is 14.6 Å². The first kappa shape index (κ1) is 25.8. The number of aromatic nitrogens is 1. The number of primary amides is 1. The third kappa shape index (κ3) is 5.78. The van der Waals surface area contributed by atoms with Gasteiger partial charge < -0.3 is 20.8 Å². The van der Waals surface area contributed by atoms with Crippen molar-refractivity contribution in [3.8, 4) is 10.4 Å². The molecule has 10 heteroatoms. The van der Waals surface area contributed by atoms with Crippen LogP contribution in [0.15, 0.2) is 29.6 Å². The van der Waals surface area contributed by atoms with Crippen LogP contribution in [0.1, 0.15) is 53.7 Å². The number of H-pyrrole nitrogens is 1. The molecule has 2 aromatic heterocycles. The number of nitrogens with one attached hydrogen (secondary N) is 2. The molecule has 3 heterocycles. The molecule has 8 nitrogen and oxygen atoms in total. The van der Waals surface area contributed by atoms with Gasteiger partial charge in [0.15, 0.2) is 0 Å². The Morgan fingerprint density at radius 2 is 2.06 bits per heavy atom. The second-order valence-electron chi connectivity index (χ2n) is 8.95. The fourth-order valence-corrected chi connectivity index (χ4v) is 6.83. The molecule has 190 valence electrons. The molecule has 1 amide bonds. The standard InChI is InChI=1S/C25H34N4O4S2/c1-3-35(31,32)29-10-7-18(8-11-29)23-20-14-19(5-6-21(20)28-24(23)25(26)30)22-13-17(16-34-22)15-27-9-4-12-33-2/h5-6,13-14,16,18,27-28H,3-4,7-12,15H2,1-2H3,(H2,26,30). The summed E-state index contributed by atoms with van der Waals surface area (Å²) >= 11 is 1.70. The Bertz CT molecular complexity index is 1270. The van der Waals surface area contributed by atoms with Crippen LogP contribution in [-0.2, 0) is 21.3 Å². The lowest BCUT2D eigenvalue weighted by Gasteiger charge is -2.31. The first-order chi connectivity index (χ1) is 16.8. The molecular formula is C25H34N4O4S2. The maximum Gasteiger partial charge on any atom is 0.265 e. The summed E-state index contributed by atoms with van der Waals surface area (Å²) in [5.41, 5.74) is 10.3. The molecule has 35 heavy (non-hydrogen) atoms. The lowest BCUT2D eigenvalue weighted by molar-refractivity contribution is 0.0994. The van der Waals surface area contributed by atoms with Gasteiger partial charge >= 0.3 is 0 Å². The van der Waals surface area contributed by atoms with Gasteiger partial charge in [0.2, 0.25) is 10.0 Å². The van der Waals surface area contributed by atoms with Crippen molar-refractivity contribution < 1.29 is 17.9 Å². The molecule has 0 spiro atoms. The van der Waals surface area contributed by atoms with Crippen LogP contribution in [0.3, 0.4) is 0 Å². The van der Waals surface area contributed by atoms with Crippen molar-refractivity contribution in [2.24, 2.45) is 5.73 Å². The molecule has 0 radical (unpaired) electrons. The number of benzene rings is 1. The highest BCUT2D eigenvalue weighted by atomic mass is 32.2. The fraction of sp³-hybridized carbons (Fsp3) is 0.480. The molecular weight excluding hydrogens is 484 g/mol. The molecule has 1 saturated heterocycles. The number of aromatic amines is 1. The highest BCUT2D eigenvalue weighted by Gasteiger charge is 2.31. The summed E-state index contributed by atoms with van der Waals surface area (Å²) in [7, 11) is -1.50. The summed E-state index contributed by atoms with van der Waals surface area (Å²) in [6.45, 7) is 5.05. The normalized spacial score (nSPS) is 15.7. The number of nitrogens with zero attached hydrogens (tertiary/aromatic N) is 1. The number of carbonyl (C=O) groups is 1. The smallest absolute Gasteiger partial charge is 0.265 e. The zero-order valence-corrected chi connectivity index (χ0v) is 21.9. The highest BCUT2D eigenvalue weighted by molar-refractivity contribution is 7.89. The third-order valence-corrected chi connectivity index (χ3v) is 9.58. The van der Waals surface area contributed by atoms with E-state index in [9.17, 15) is 13.2 Å². The number of hydrogen-bond acceptors (Lipinski definition) is 6. The number of rotatable bonds is 11. The molecule has 4 N–H and O–H groups in total. The van der Waals surface area contributed by atoms with Crippen LogP contribution in [0.5, 0.6) is 0 Å². The second-order valence-corrected chi connectivity index (χ2v) is 12.1. The average Bonchev–Trinajstić information content (AvgIpc) is 3.48. The molecule has 1 fully saturated rings. The molecule has 4 rings (SSSR count). The van der Waals surface area contributed by atoms with E-state index in [2.05, 4.69) is 33.9 Å². The first-order valence-electron chi connectivity index (χ1n) is 12.0. The lowest BCUT2D eigenvalue weighted by Crippen LogP contribution is -2.39. The number of piperidine rings is 1. The molecule has 0 unspecified atom stereocenters. The minimum absolute atomic E-state index is 0.0694. The molecule has 0 aliphatic carbocycles. The summed E-state index contributed by atoms with van der Waals surface area (Å²) in [6, 6.07) is 8.39. The van der Waals surface area contributed by atoms with Gasteiger partial charge in [-0.15, -0.1) is 11.3 Å². The van der Waals surface area contributed by atoms with Crippen LogP contribution in [-0.4, -0.2) is 62.7 Å². The Labute approximate surface area is 210 Å². The first-order valence-corrected chi connectivity index (χ1v) is 14.5. The molecule has 0 bridgehead atoms. The predicted octanol–water partition coefficient (Wildman–Crippen LogP) is 3.65. The van der Waals surface area contributed by atoms with Gasteiger partial charge in [0.05, 0.1) is 5.75 Å². The van der Waals surface area contributed by atoms with Crippen LogP contribution >= 0.6 is 11.3 Å². The zero-order valence-electron chi connectivity index (χ0n) is 20.3. The van der Waals surface area contributed by atoms with Crippen molar-refractivity contribution in [3.63, 3.8) is 0 Å². The van der Waals surface area contributed by atoms with E-state index < -0.39 is 15.9 Å². The van der Waals surface area contributed by atoms with E-state index >= 15 is 0 Å². The Balaban J connectivity index is 1.57. The zero-order chi connectivity index (χ0) is 25.0. The van der Waals surface area contributed by atoms with E-state index in [4.69, 9.17) is 10.5 Å². The Hall–Kier alpha value is -2.24. The minimum atomic E-state index is -3.21. The SMILES string of the molecule is CCS(=O)(=O)N1CCC(c2c(C(N)=O)[nH]c3ccc(-c4cc(CNCCCOC)cs4)cc23)CC1. The molecule has 0 saturated carbocycles. The average molecular weight is 519 g/mol. The van der Waals surface area contributed by atoms with Crippen molar-refractivity contribution in [2.45, 2.75) is 38.6 Å². The van der Waals surface area contributed by atoms with Crippen LogP contribution in [0.4, 0.5) is 0 Å². The van der Waals surface area contributed by atoms with Crippen LogP contribution in [0.2, 0.25) is 0 Å². The van der Waals surface area contributed by atoms with E-state index in [-0.39, 0.29) is 11.7 Å². The van der Waals surface area contributed by atoms with E-state index in [0.717, 1.165) is 53.0 Å². The van der Waals surface area contributed by atoms with Crippen LogP contribution in [0.25, 0.3) is 21.3 Å². The summed E-state index contributed by atoms with van der Waals surface area (Å²) in [5, 5.41) is 6.59. The van der Waals surface area contributed by atoms with E-state index in [1.54, 1.807) is 29.7 Å². The molecule has 1 aromatic carbocycles. The minimum Gasteiger partial charge on any atom is -0.385 e. The summed E-state index contributed by atoms with van der Waals surface area (Å²) in [4.78, 5) is 16.7.